The highest BCUT2D eigenvalue weighted by Crippen LogP contribution is 2.14. The van der Waals surface area contributed by atoms with Crippen LogP contribution in [0.15, 0.2) is 24.3 Å². The Bertz CT molecular complexity index is 450. The molecule has 0 saturated heterocycles. The van der Waals surface area contributed by atoms with E-state index in [9.17, 15) is 9.59 Å². The second-order valence-corrected chi connectivity index (χ2v) is 5.24. The van der Waals surface area contributed by atoms with Crippen LogP contribution in [-0.4, -0.2) is 29.6 Å². The van der Waals surface area contributed by atoms with E-state index in [4.69, 9.17) is 9.84 Å². The lowest BCUT2D eigenvalue weighted by Crippen LogP contribution is -2.42. The van der Waals surface area contributed by atoms with Crippen LogP contribution in [0.5, 0.6) is 5.75 Å². The number of ether oxygens (including phenoxy) is 1. The van der Waals surface area contributed by atoms with Crippen molar-refractivity contribution in [1.82, 2.24) is 5.32 Å². The molecule has 1 aromatic carbocycles. The van der Waals surface area contributed by atoms with Gasteiger partial charge < -0.3 is 15.2 Å². The number of aliphatic carboxylic acids is 1. The smallest absolute Gasteiger partial charge is 0.326 e. The summed E-state index contributed by atoms with van der Waals surface area (Å²) < 4.78 is 6.30. The number of hydrogen-bond donors (Lipinski definition) is 2. The van der Waals surface area contributed by atoms with Gasteiger partial charge in [0.15, 0.2) is 6.61 Å². The maximum atomic E-state index is 11.6. The number of carbonyl (C=O) groups is 2. The van der Waals surface area contributed by atoms with Crippen LogP contribution in [0, 0.1) is 3.57 Å². The molecule has 1 amide bonds. The molecule has 19 heavy (non-hydrogen) atoms. The SMILES string of the molecule is CCCC(NC(=O)COc1cccc(I)c1)C(=O)O. The number of hydrogen-bond acceptors (Lipinski definition) is 3. The van der Waals surface area contributed by atoms with E-state index in [1.54, 1.807) is 12.1 Å². The third-order valence-electron chi connectivity index (χ3n) is 2.38. The molecule has 1 atom stereocenters. The van der Waals surface area contributed by atoms with Crippen molar-refractivity contribution in [2.24, 2.45) is 0 Å². The van der Waals surface area contributed by atoms with Gasteiger partial charge in [0, 0.05) is 3.57 Å². The number of carboxylic acid groups (broad SMARTS) is 1. The molecule has 0 aliphatic carbocycles. The monoisotopic (exact) mass is 377 g/mol. The fraction of sp³-hybridized carbons (Fsp3) is 0.385. The quantitative estimate of drug-likeness (QED) is 0.714. The van der Waals surface area contributed by atoms with Crippen molar-refractivity contribution >= 4 is 34.5 Å². The summed E-state index contributed by atoms with van der Waals surface area (Å²) in [7, 11) is 0. The third-order valence-corrected chi connectivity index (χ3v) is 3.05. The first-order valence-corrected chi connectivity index (χ1v) is 7.01. The van der Waals surface area contributed by atoms with Gasteiger partial charge in [-0.05, 0) is 47.2 Å². The highest BCUT2D eigenvalue weighted by Gasteiger charge is 2.18. The topological polar surface area (TPSA) is 75.6 Å². The van der Waals surface area contributed by atoms with Gasteiger partial charge in [-0.1, -0.05) is 19.4 Å². The Balaban J connectivity index is 2.44. The van der Waals surface area contributed by atoms with Crippen LogP contribution >= 0.6 is 22.6 Å². The molecular weight excluding hydrogens is 361 g/mol. The van der Waals surface area contributed by atoms with E-state index < -0.39 is 17.9 Å². The second-order valence-electron chi connectivity index (χ2n) is 3.99. The predicted molar refractivity (Wildman–Crippen MR) is 79.1 cm³/mol. The molecule has 104 valence electrons. The second kappa shape index (κ2) is 7.98. The van der Waals surface area contributed by atoms with Gasteiger partial charge in [-0.25, -0.2) is 4.79 Å². The van der Waals surface area contributed by atoms with Crippen molar-refractivity contribution in [3.8, 4) is 5.75 Å². The number of benzene rings is 1. The molecule has 6 heteroatoms. The Hall–Kier alpha value is -1.31. The number of amides is 1. The van der Waals surface area contributed by atoms with Crippen molar-refractivity contribution in [3.63, 3.8) is 0 Å². The molecule has 0 saturated carbocycles. The van der Waals surface area contributed by atoms with Gasteiger partial charge in [0.25, 0.3) is 5.91 Å². The number of carbonyl (C=O) groups excluding carboxylic acids is 1. The lowest BCUT2D eigenvalue weighted by atomic mass is 10.2. The highest BCUT2D eigenvalue weighted by molar-refractivity contribution is 14.1. The molecule has 0 spiro atoms. The Morgan fingerprint density at radius 2 is 2.21 bits per heavy atom. The summed E-state index contributed by atoms with van der Waals surface area (Å²) in [5.74, 6) is -0.867. The largest absolute Gasteiger partial charge is 0.484 e. The van der Waals surface area contributed by atoms with Crippen LogP contribution in [0.4, 0.5) is 0 Å². The molecule has 0 fully saturated rings. The van der Waals surface area contributed by atoms with E-state index in [1.165, 1.54) is 0 Å². The number of nitrogens with one attached hydrogen (secondary N) is 1. The van der Waals surface area contributed by atoms with Crippen molar-refractivity contribution in [2.75, 3.05) is 6.61 Å². The molecule has 5 nitrogen and oxygen atoms in total. The van der Waals surface area contributed by atoms with Gasteiger partial charge >= 0.3 is 5.97 Å². The predicted octanol–water partition coefficient (Wildman–Crippen LogP) is 2.04. The van der Waals surface area contributed by atoms with E-state index in [-0.39, 0.29) is 6.61 Å². The van der Waals surface area contributed by atoms with Gasteiger partial charge in [-0.3, -0.25) is 4.79 Å². The molecule has 0 bridgehead atoms. The van der Waals surface area contributed by atoms with E-state index in [1.807, 2.05) is 19.1 Å². The molecule has 1 rings (SSSR count). The first kappa shape index (κ1) is 15.7. The molecule has 0 radical (unpaired) electrons. The van der Waals surface area contributed by atoms with Crippen molar-refractivity contribution in [3.05, 3.63) is 27.8 Å². The standard InChI is InChI=1S/C13H16INO4/c1-2-4-11(13(17)18)15-12(16)8-19-10-6-3-5-9(14)7-10/h3,5-7,11H,2,4,8H2,1H3,(H,15,16)(H,17,18). The Morgan fingerprint density at radius 3 is 2.79 bits per heavy atom. The lowest BCUT2D eigenvalue weighted by molar-refractivity contribution is -0.142. The summed E-state index contributed by atoms with van der Waals surface area (Å²) in [6.07, 6.45) is 1.10. The summed E-state index contributed by atoms with van der Waals surface area (Å²) in [4.78, 5) is 22.5. The Kier molecular flexibility index (Phi) is 6.61. The molecule has 0 aliphatic heterocycles. The fourth-order valence-corrected chi connectivity index (χ4v) is 2.00. The van der Waals surface area contributed by atoms with Gasteiger partial charge in [-0.15, -0.1) is 0 Å². The molecule has 2 N–H and O–H groups in total. The number of carboxylic acids is 1. The average molecular weight is 377 g/mol. The Labute approximate surface area is 125 Å². The molecule has 0 heterocycles. The maximum absolute atomic E-state index is 11.6. The third kappa shape index (κ3) is 5.91. The van der Waals surface area contributed by atoms with Crippen molar-refractivity contribution in [1.29, 1.82) is 0 Å². The summed E-state index contributed by atoms with van der Waals surface area (Å²) in [5, 5.41) is 11.4. The summed E-state index contributed by atoms with van der Waals surface area (Å²) >= 11 is 2.14. The van der Waals surface area contributed by atoms with Gasteiger partial charge in [0.05, 0.1) is 0 Å². The van der Waals surface area contributed by atoms with Crippen LogP contribution in [-0.2, 0) is 9.59 Å². The summed E-state index contributed by atoms with van der Waals surface area (Å²) in [6, 6.07) is 6.43. The zero-order valence-electron chi connectivity index (χ0n) is 10.6. The molecule has 0 aromatic heterocycles. The van der Waals surface area contributed by atoms with E-state index in [2.05, 4.69) is 27.9 Å². The lowest BCUT2D eigenvalue weighted by Gasteiger charge is -2.13. The van der Waals surface area contributed by atoms with Gasteiger partial charge in [0.2, 0.25) is 0 Å². The molecule has 1 aromatic rings. The summed E-state index contributed by atoms with van der Waals surface area (Å²) in [5.41, 5.74) is 0. The van der Waals surface area contributed by atoms with Gasteiger partial charge in [-0.2, -0.15) is 0 Å². The minimum atomic E-state index is -1.02. The van der Waals surface area contributed by atoms with E-state index in [0.29, 0.717) is 18.6 Å². The first-order valence-electron chi connectivity index (χ1n) is 5.93. The zero-order valence-corrected chi connectivity index (χ0v) is 12.7. The number of rotatable bonds is 7. The minimum absolute atomic E-state index is 0.187. The van der Waals surface area contributed by atoms with Crippen molar-refractivity contribution in [2.45, 2.75) is 25.8 Å². The average Bonchev–Trinajstić information content (AvgIpc) is 2.36. The van der Waals surface area contributed by atoms with Crippen LogP contribution in [0.2, 0.25) is 0 Å². The van der Waals surface area contributed by atoms with Crippen LogP contribution < -0.4 is 10.1 Å². The fourth-order valence-electron chi connectivity index (χ4n) is 1.49. The molecule has 1 unspecified atom stereocenters. The van der Waals surface area contributed by atoms with E-state index in [0.717, 1.165) is 3.57 Å². The van der Waals surface area contributed by atoms with Crippen LogP contribution in [0.1, 0.15) is 19.8 Å². The zero-order chi connectivity index (χ0) is 14.3. The molecular formula is C13H16INO4. The highest BCUT2D eigenvalue weighted by atomic mass is 127. The number of halogens is 1. The van der Waals surface area contributed by atoms with Crippen LogP contribution in [0.3, 0.4) is 0 Å². The molecule has 0 aliphatic rings. The normalized spacial score (nSPS) is 11.7. The van der Waals surface area contributed by atoms with E-state index >= 15 is 0 Å². The Morgan fingerprint density at radius 1 is 1.47 bits per heavy atom. The minimum Gasteiger partial charge on any atom is -0.484 e. The maximum Gasteiger partial charge on any atom is 0.326 e. The van der Waals surface area contributed by atoms with Gasteiger partial charge in [0.1, 0.15) is 11.8 Å². The summed E-state index contributed by atoms with van der Waals surface area (Å²) in [6.45, 7) is 1.68. The van der Waals surface area contributed by atoms with Crippen LogP contribution in [0.25, 0.3) is 0 Å². The first-order chi connectivity index (χ1) is 9.02. The van der Waals surface area contributed by atoms with Crippen molar-refractivity contribution < 1.29 is 19.4 Å².